The molecular formula is C18H22FN3O3. The molecule has 0 N–H and O–H groups in total. The van der Waals surface area contributed by atoms with Crippen molar-refractivity contribution in [2.45, 2.75) is 38.2 Å². The van der Waals surface area contributed by atoms with Crippen molar-refractivity contribution in [1.82, 2.24) is 15.0 Å². The summed E-state index contributed by atoms with van der Waals surface area (Å²) in [7, 11) is 1.43. The molecule has 1 aliphatic rings. The number of ether oxygens (including phenoxy) is 1. The van der Waals surface area contributed by atoms with Gasteiger partial charge in [-0.2, -0.15) is 4.98 Å². The molecule has 3 rings (SSSR count). The van der Waals surface area contributed by atoms with E-state index >= 15 is 0 Å². The molecule has 0 bridgehead atoms. The topological polar surface area (TPSA) is 68.5 Å². The number of aryl methyl sites for hydroxylation is 1. The molecule has 2 aromatic rings. The van der Waals surface area contributed by atoms with Crippen LogP contribution in [-0.4, -0.2) is 41.1 Å². The van der Waals surface area contributed by atoms with Gasteiger partial charge in [-0.05, 0) is 32.8 Å². The highest BCUT2D eigenvalue weighted by Crippen LogP contribution is 2.33. The maximum absolute atomic E-state index is 14.2. The van der Waals surface area contributed by atoms with Crippen molar-refractivity contribution in [2.24, 2.45) is 0 Å². The third kappa shape index (κ3) is 3.28. The van der Waals surface area contributed by atoms with E-state index < -0.39 is 11.4 Å². The van der Waals surface area contributed by atoms with E-state index in [0.29, 0.717) is 24.8 Å². The Morgan fingerprint density at radius 2 is 2.04 bits per heavy atom. The lowest BCUT2D eigenvalue weighted by molar-refractivity contribution is -0.155. The summed E-state index contributed by atoms with van der Waals surface area (Å²) in [6, 6.07) is 6.22. The molecule has 1 atom stereocenters. The predicted molar refractivity (Wildman–Crippen MR) is 88.4 cm³/mol. The zero-order valence-electron chi connectivity index (χ0n) is 14.7. The third-order valence-corrected chi connectivity index (χ3v) is 4.88. The predicted octanol–water partition coefficient (Wildman–Crippen LogP) is 2.78. The molecule has 6 nitrogen and oxygen atoms in total. The maximum atomic E-state index is 14.2. The Morgan fingerprint density at radius 3 is 2.60 bits per heavy atom. The first kappa shape index (κ1) is 17.5. The Bertz CT molecular complexity index is 756. The average Bonchev–Trinajstić information content (AvgIpc) is 3.07. The Hall–Kier alpha value is -2.28. The van der Waals surface area contributed by atoms with Gasteiger partial charge in [0, 0.05) is 31.7 Å². The van der Waals surface area contributed by atoms with Gasteiger partial charge < -0.3 is 14.2 Å². The molecule has 7 heteroatoms. The maximum Gasteiger partial charge on any atom is 0.259 e. The number of halogens is 1. The van der Waals surface area contributed by atoms with E-state index in [1.807, 2.05) is 0 Å². The summed E-state index contributed by atoms with van der Waals surface area (Å²) in [5, 5.41) is 3.82. The van der Waals surface area contributed by atoms with Crippen LogP contribution in [0.2, 0.25) is 0 Å². The van der Waals surface area contributed by atoms with Gasteiger partial charge in [0.2, 0.25) is 5.89 Å². The largest absolute Gasteiger partial charge is 0.364 e. The molecule has 134 valence electrons. The molecule has 1 unspecified atom stereocenters. The van der Waals surface area contributed by atoms with Gasteiger partial charge in [-0.1, -0.05) is 23.4 Å². The van der Waals surface area contributed by atoms with Gasteiger partial charge >= 0.3 is 0 Å². The number of aromatic nitrogens is 2. The Kier molecular flexibility index (Phi) is 4.85. The van der Waals surface area contributed by atoms with Crippen LogP contribution in [0.25, 0.3) is 0 Å². The van der Waals surface area contributed by atoms with Crippen LogP contribution in [0.3, 0.4) is 0 Å². The zero-order chi connectivity index (χ0) is 18.0. The minimum atomic E-state index is -1.35. The molecule has 2 heterocycles. The van der Waals surface area contributed by atoms with Gasteiger partial charge in [0.25, 0.3) is 5.91 Å². The minimum absolute atomic E-state index is 0.146. The van der Waals surface area contributed by atoms with Crippen molar-refractivity contribution in [3.63, 3.8) is 0 Å². The van der Waals surface area contributed by atoms with E-state index in [1.165, 1.54) is 13.2 Å². The second kappa shape index (κ2) is 6.92. The third-order valence-electron chi connectivity index (χ3n) is 4.88. The standard InChI is InChI=1S/C18H22FN3O3/c1-12-20-16(25-21-12)13-8-10-22(11-9-13)17(23)18(2,24-3)14-6-4-5-7-15(14)19/h4-7,13H,8-11H2,1-3H3. The van der Waals surface area contributed by atoms with E-state index in [4.69, 9.17) is 9.26 Å². The molecule has 0 saturated carbocycles. The normalized spacial score (nSPS) is 18.2. The summed E-state index contributed by atoms with van der Waals surface area (Å²) >= 11 is 0. The van der Waals surface area contributed by atoms with Gasteiger partial charge in [0.15, 0.2) is 11.4 Å². The van der Waals surface area contributed by atoms with E-state index in [2.05, 4.69) is 10.1 Å². The van der Waals surface area contributed by atoms with Gasteiger partial charge in [-0.15, -0.1) is 0 Å². The zero-order valence-corrected chi connectivity index (χ0v) is 14.7. The number of amides is 1. The summed E-state index contributed by atoms with van der Waals surface area (Å²) in [5.41, 5.74) is -1.10. The second-order valence-corrected chi connectivity index (χ2v) is 6.46. The number of piperidine rings is 1. The van der Waals surface area contributed by atoms with E-state index in [1.54, 1.807) is 36.9 Å². The average molecular weight is 347 g/mol. The summed E-state index contributed by atoms with van der Waals surface area (Å²) in [4.78, 5) is 19.0. The first-order chi connectivity index (χ1) is 12.0. The fraction of sp³-hybridized carbons (Fsp3) is 0.500. The highest BCUT2D eigenvalue weighted by atomic mass is 19.1. The highest BCUT2D eigenvalue weighted by Gasteiger charge is 2.41. The van der Waals surface area contributed by atoms with Crippen molar-refractivity contribution < 1.29 is 18.4 Å². The van der Waals surface area contributed by atoms with Crippen LogP contribution in [0.5, 0.6) is 0 Å². The monoisotopic (exact) mass is 347 g/mol. The van der Waals surface area contributed by atoms with Crippen molar-refractivity contribution in [3.05, 3.63) is 47.4 Å². The fourth-order valence-electron chi connectivity index (χ4n) is 3.27. The number of methoxy groups -OCH3 is 1. The number of hydrogen-bond donors (Lipinski definition) is 0. The number of benzene rings is 1. The quantitative estimate of drug-likeness (QED) is 0.851. The number of carbonyl (C=O) groups excluding carboxylic acids is 1. The Morgan fingerprint density at radius 1 is 1.36 bits per heavy atom. The summed E-state index contributed by atoms with van der Waals surface area (Å²) in [6.45, 7) is 4.47. The molecule has 0 aliphatic carbocycles. The lowest BCUT2D eigenvalue weighted by Gasteiger charge is -2.37. The molecule has 0 radical (unpaired) electrons. The van der Waals surface area contributed by atoms with E-state index in [0.717, 1.165) is 12.8 Å². The van der Waals surface area contributed by atoms with Crippen LogP contribution in [-0.2, 0) is 15.1 Å². The number of hydrogen-bond acceptors (Lipinski definition) is 5. The summed E-state index contributed by atoms with van der Waals surface area (Å²) < 4.78 is 24.9. The number of rotatable bonds is 4. The lowest BCUT2D eigenvalue weighted by atomic mass is 9.90. The highest BCUT2D eigenvalue weighted by molar-refractivity contribution is 5.86. The first-order valence-electron chi connectivity index (χ1n) is 8.35. The van der Waals surface area contributed by atoms with Gasteiger partial charge in [0.05, 0.1) is 0 Å². The van der Waals surface area contributed by atoms with E-state index in [-0.39, 0.29) is 17.4 Å². The van der Waals surface area contributed by atoms with Crippen molar-refractivity contribution >= 4 is 5.91 Å². The molecule has 1 aliphatic heterocycles. The molecule has 1 fully saturated rings. The number of likely N-dealkylation sites (tertiary alicyclic amines) is 1. The van der Waals surface area contributed by atoms with Gasteiger partial charge in [-0.3, -0.25) is 4.79 Å². The Balaban J connectivity index is 1.73. The number of nitrogens with zero attached hydrogens (tertiary/aromatic N) is 3. The SMILES string of the molecule is COC(C)(C(=O)N1CCC(c2nc(C)no2)CC1)c1ccccc1F. The summed E-state index contributed by atoms with van der Waals surface area (Å²) in [5.74, 6) is 0.692. The van der Waals surface area contributed by atoms with Crippen molar-refractivity contribution in [3.8, 4) is 0 Å². The molecule has 0 spiro atoms. The summed E-state index contributed by atoms with van der Waals surface area (Å²) in [6.07, 6.45) is 1.45. The molecule has 1 aromatic carbocycles. The Labute approximate surface area is 146 Å². The lowest BCUT2D eigenvalue weighted by Crippen LogP contribution is -2.49. The second-order valence-electron chi connectivity index (χ2n) is 6.46. The minimum Gasteiger partial charge on any atom is -0.364 e. The van der Waals surface area contributed by atoms with Crippen LogP contribution >= 0.6 is 0 Å². The van der Waals surface area contributed by atoms with Gasteiger partial charge in [0.1, 0.15) is 5.82 Å². The molecule has 1 saturated heterocycles. The fourth-order valence-corrected chi connectivity index (χ4v) is 3.27. The first-order valence-corrected chi connectivity index (χ1v) is 8.35. The van der Waals surface area contributed by atoms with Crippen LogP contribution in [0.15, 0.2) is 28.8 Å². The smallest absolute Gasteiger partial charge is 0.259 e. The van der Waals surface area contributed by atoms with Crippen LogP contribution in [0.4, 0.5) is 4.39 Å². The molecule has 1 aromatic heterocycles. The molecule has 1 amide bonds. The van der Waals surface area contributed by atoms with Crippen LogP contribution < -0.4 is 0 Å². The van der Waals surface area contributed by atoms with Gasteiger partial charge in [-0.25, -0.2) is 4.39 Å². The molecular weight excluding hydrogens is 325 g/mol. The van der Waals surface area contributed by atoms with Crippen molar-refractivity contribution in [2.75, 3.05) is 20.2 Å². The van der Waals surface area contributed by atoms with Crippen LogP contribution in [0, 0.1) is 12.7 Å². The molecule has 25 heavy (non-hydrogen) atoms. The number of carbonyl (C=O) groups is 1. The van der Waals surface area contributed by atoms with E-state index in [9.17, 15) is 9.18 Å². The van der Waals surface area contributed by atoms with Crippen molar-refractivity contribution in [1.29, 1.82) is 0 Å². The van der Waals surface area contributed by atoms with Crippen LogP contribution in [0.1, 0.15) is 43.0 Å².